The van der Waals surface area contributed by atoms with Crippen LogP contribution in [0.5, 0.6) is 5.75 Å². The standard InChI is InChI=1S/C15H23NO/c1-12-5-6-13(2)14(9-12)17-11-15(10-16)7-3-4-8-15/h5-6,9H,3-4,7-8,10-11,16H2,1-2H3. The maximum absolute atomic E-state index is 6.02. The van der Waals surface area contributed by atoms with Gasteiger partial charge in [0.15, 0.2) is 0 Å². The fourth-order valence-electron chi connectivity index (χ4n) is 2.63. The summed E-state index contributed by atoms with van der Waals surface area (Å²) in [4.78, 5) is 0. The zero-order chi connectivity index (χ0) is 12.3. The van der Waals surface area contributed by atoms with Gasteiger partial charge < -0.3 is 10.5 Å². The Morgan fingerprint density at radius 1 is 1.24 bits per heavy atom. The van der Waals surface area contributed by atoms with Crippen LogP contribution in [0.3, 0.4) is 0 Å². The normalized spacial score (nSPS) is 18.3. The molecule has 1 aliphatic rings. The second-order valence-corrected chi connectivity index (χ2v) is 5.47. The Labute approximate surface area is 104 Å². The van der Waals surface area contributed by atoms with Gasteiger partial charge in [0.25, 0.3) is 0 Å². The molecule has 2 nitrogen and oxygen atoms in total. The Morgan fingerprint density at radius 3 is 2.59 bits per heavy atom. The van der Waals surface area contributed by atoms with Crippen LogP contribution in [0.1, 0.15) is 36.8 Å². The fraction of sp³-hybridized carbons (Fsp3) is 0.600. The SMILES string of the molecule is Cc1ccc(C)c(OCC2(CN)CCCC2)c1. The molecule has 0 saturated heterocycles. The molecule has 0 atom stereocenters. The highest BCUT2D eigenvalue weighted by atomic mass is 16.5. The minimum absolute atomic E-state index is 0.232. The number of nitrogens with two attached hydrogens (primary N) is 1. The summed E-state index contributed by atoms with van der Waals surface area (Å²) in [6, 6.07) is 6.36. The summed E-state index contributed by atoms with van der Waals surface area (Å²) >= 11 is 0. The molecule has 0 amide bonds. The third-order valence-corrected chi connectivity index (χ3v) is 3.97. The molecule has 0 aromatic heterocycles. The third-order valence-electron chi connectivity index (χ3n) is 3.97. The van der Waals surface area contributed by atoms with E-state index >= 15 is 0 Å². The van der Waals surface area contributed by atoms with Gasteiger partial charge in [-0.3, -0.25) is 0 Å². The van der Waals surface area contributed by atoms with Crippen molar-refractivity contribution in [1.29, 1.82) is 0 Å². The smallest absolute Gasteiger partial charge is 0.122 e. The van der Waals surface area contributed by atoms with E-state index in [1.807, 2.05) is 0 Å². The first-order chi connectivity index (χ1) is 8.15. The van der Waals surface area contributed by atoms with Crippen LogP contribution >= 0.6 is 0 Å². The third kappa shape index (κ3) is 2.81. The molecule has 1 saturated carbocycles. The summed E-state index contributed by atoms with van der Waals surface area (Å²) < 4.78 is 6.02. The zero-order valence-electron chi connectivity index (χ0n) is 11.0. The number of benzene rings is 1. The van der Waals surface area contributed by atoms with Crippen molar-refractivity contribution < 1.29 is 4.74 Å². The van der Waals surface area contributed by atoms with Gasteiger partial charge in [-0.15, -0.1) is 0 Å². The van der Waals surface area contributed by atoms with E-state index in [-0.39, 0.29) is 5.41 Å². The van der Waals surface area contributed by atoms with E-state index in [0.29, 0.717) is 0 Å². The molecular formula is C15H23NO. The monoisotopic (exact) mass is 233 g/mol. The van der Waals surface area contributed by atoms with Crippen LogP contribution in [0, 0.1) is 19.3 Å². The highest BCUT2D eigenvalue weighted by Crippen LogP contribution is 2.37. The van der Waals surface area contributed by atoms with Crippen molar-refractivity contribution in [3.8, 4) is 5.75 Å². The largest absolute Gasteiger partial charge is 0.493 e. The van der Waals surface area contributed by atoms with Crippen LogP contribution in [0.4, 0.5) is 0 Å². The lowest BCUT2D eigenvalue weighted by Gasteiger charge is -2.27. The Bertz CT molecular complexity index is 381. The summed E-state index contributed by atoms with van der Waals surface area (Å²) in [5.74, 6) is 1.02. The summed E-state index contributed by atoms with van der Waals surface area (Å²) in [5, 5.41) is 0. The highest BCUT2D eigenvalue weighted by molar-refractivity contribution is 5.36. The van der Waals surface area contributed by atoms with E-state index in [4.69, 9.17) is 10.5 Å². The topological polar surface area (TPSA) is 35.2 Å². The Kier molecular flexibility index (Phi) is 3.72. The van der Waals surface area contributed by atoms with E-state index in [1.165, 1.54) is 36.8 Å². The van der Waals surface area contributed by atoms with Gasteiger partial charge in [0, 0.05) is 12.0 Å². The number of hydrogen-bond acceptors (Lipinski definition) is 2. The average molecular weight is 233 g/mol. The predicted molar refractivity (Wildman–Crippen MR) is 71.4 cm³/mol. The second kappa shape index (κ2) is 5.09. The average Bonchev–Trinajstić information content (AvgIpc) is 2.80. The van der Waals surface area contributed by atoms with Crippen LogP contribution in [0.25, 0.3) is 0 Å². The number of aryl methyl sites for hydroxylation is 2. The van der Waals surface area contributed by atoms with Gasteiger partial charge >= 0.3 is 0 Å². The first kappa shape index (κ1) is 12.4. The summed E-state index contributed by atoms with van der Waals surface area (Å²) in [7, 11) is 0. The van der Waals surface area contributed by atoms with Gasteiger partial charge in [-0.2, -0.15) is 0 Å². The van der Waals surface area contributed by atoms with Gasteiger partial charge in [0.05, 0.1) is 6.61 Å². The van der Waals surface area contributed by atoms with Crippen LogP contribution in [-0.2, 0) is 0 Å². The van der Waals surface area contributed by atoms with Crippen LogP contribution in [0.2, 0.25) is 0 Å². The molecule has 0 unspecified atom stereocenters. The molecule has 1 aliphatic carbocycles. The molecule has 94 valence electrons. The van der Waals surface area contributed by atoms with Gasteiger partial charge in [-0.1, -0.05) is 25.0 Å². The van der Waals surface area contributed by atoms with Gasteiger partial charge in [0.2, 0.25) is 0 Å². The molecule has 2 heteroatoms. The molecule has 0 radical (unpaired) electrons. The summed E-state index contributed by atoms with van der Waals surface area (Å²) in [6.07, 6.45) is 5.03. The Hall–Kier alpha value is -1.02. The van der Waals surface area contributed by atoms with E-state index in [2.05, 4.69) is 32.0 Å². The molecule has 0 heterocycles. The van der Waals surface area contributed by atoms with Crippen molar-refractivity contribution >= 4 is 0 Å². The minimum Gasteiger partial charge on any atom is -0.493 e. The van der Waals surface area contributed by atoms with Crippen molar-refractivity contribution in [3.05, 3.63) is 29.3 Å². The van der Waals surface area contributed by atoms with Gasteiger partial charge in [0.1, 0.15) is 5.75 Å². The number of hydrogen-bond donors (Lipinski definition) is 1. The molecule has 1 aromatic rings. The zero-order valence-corrected chi connectivity index (χ0v) is 11.0. The van der Waals surface area contributed by atoms with Gasteiger partial charge in [-0.05, 0) is 43.9 Å². The molecule has 0 bridgehead atoms. The van der Waals surface area contributed by atoms with Crippen molar-refractivity contribution in [2.24, 2.45) is 11.1 Å². The fourth-order valence-corrected chi connectivity index (χ4v) is 2.63. The maximum Gasteiger partial charge on any atom is 0.122 e. The van der Waals surface area contributed by atoms with Crippen molar-refractivity contribution in [2.45, 2.75) is 39.5 Å². The lowest BCUT2D eigenvalue weighted by molar-refractivity contribution is 0.156. The molecule has 1 fully saturated rings. The van der Waals surface area contributed by atoms with E-state index in [0.717, 1.165) is 18.9 Å². The minimum atomic E-state index is 0.232. The van der Waals surface area contributed by atoms with Crippen LogP contribution < -0.4 is 10.5 Å². The van der Waals surface area contributed by atoms with Crippen LogP contribution in [-0.4, -0.2) is 13.2 Å². The molecule has 2 rings (SSSR count). The molecule has 0 spiro atoms. The highest BCUT2D eigenvalue weighted by Gasteiger charge is 2.33. The van der Waals surface area contributed by atoms with E-state index < -0.39 is 0 Å². The second-order valence-electron chi connectivity index (χ2n) is 5.47. The molecule has 2 N–H and O–H groups in total. The van der Waals surface area contributed by atoms with E-state index in [9.17, 15) is 0 Å². The maximum atomic E-state index is 6.02. The molecule has 1 aromatic carbocycles. The number of rotatable bonds is 4. The lowest BCUT2D eigenvalue weighted by atomic mass is 9.87. The molecule has 0 aliphatic heterocycles. The predicted octanol–water partition coefficient (Wildman–Crippen LogP) is 3.20. The molecule has 17 heavy (non-hydrogen) atoms. The van der Waals surface area contributed by atoms with Gasteiger partial charge in [-0.25, -0.2) is 0 Å². The quantitative estimate of drug-likeness (QED) is 0.866. The summed E-state index contributed by atoms with van der Waals surface area (Å²) in [6.45, 7) is 5.71. The van der Waals surface area contributed by atoms with Crippen LogP contribution in [0.15, 0.2) is 18.2 Å². The number of ether oxygens (including phenoxy) is 1. The van der Waals surface area contributed by atoms with Crippen molar-refractivity contribution in [3.63, 3.8) is 0 Å². The summed E-state index contributed by atoms with van der Waals surface area (Å²) in [5.41, 5.74) is 8.61. The Morgan fingerprint density at radius 2 is 1.94 bits per heavy atom. The lowest BCUT2D eigenvalue weighted by Crippen LogP contribution is -2.33. The van der Waals surface area contributed by atoms with Crippen molar-refractivity contribution in [1.82, 2.24) is 0 Å². The Balaban J connectivity index is 2.03. The first-order valence-electron chi connectivity index (χ1n) is 6.55. The van der Waals surface area contributed by atoms with E-state index in [1.54, 1.807) is 0 Å². The molecular weight excluding hydrogens is 210 g/mol. The first-order valence-corrected chi connectivity index (χ1v) is 6.55. The van der Waals surface area contributed by atoms with Crippen molar-refractivity contribution in [2.75, 3.05) is 13.2 Å².